The molecule has 0 spiro atoms. The molecule has 114 valence electrons. The molecular weight excluding hydrogens is 300 g/mol. The van der Waals surface area contributed by atoms with Crippen LogP contribution in [0.15, 0.2) is 42.7 Å². The van der Waals surface area contributed by atoms with Gasteiger partial charge in [0.2, 0.25) is 10.0 Å². The van der Waals surface area contributed by atoms with Crippen LogP contribution >= 0.6 is 0 Å². The normalized spacial score (nSPS) is 13.5. The van der Waals surface area contributed by atoms with Crippen LogP contribution < -0.4 is 4.72 Å². The third kappa shape index (κ3) is 4.33. The number of sulfonamides is 1. The Kier molecular flexibility index (Phi) is 4.69. The number of rotatable bonds is 6. The van der Waals surface area contributed by atoms with Gasteiger partial charge < -0.3 is 0 Å². The molecule has 2 aromatic rings. The lowest BCUT2D eigenvalue weighted by Gasteiger charge is -2.18. The van der Waals surface area contributed by atoms with Crippen molar-refractivity contribution < 1.29 is 17.2 Å². The fourth-order valence-corrected chi connectivity index (χ4v) is 2.77. The summed E-state index contributed by atoms with van der Waals surface area (Å²) in [5.74, 6) is 0.120. The second-order valence-electron chi connectivity index (χ2n) is 4.59. The predicted octanol–water partition coefficient (Wildman–Crippen LogP) is 2.11. The van der Waals surface area contributed by atoms with E-state index < -0.39 is 22.6 Å². The van der Waals surface area contributed by atoms with E-state index in [9.17, 15) is 17.2 Å². The summed E-state index contributed by atoms with van der Waals surface area (Å²) in [5.41, 5.74) is 0.687. The zero-order chi connectivity index (χ0) is 15.5. The van der Waals surface area contributed by atoms with E-state index in [4.69, 9.17) is 0 Å². The third-order valence-corrected chi connectivity index (χ3v) is 3.62. The fourth-order valence-electron chi connectivity index (χ4n) is 2.03. The van der Waals surface area contributed by atoms with Gasteiger partial charge in [-0.05, 0) is 5.56 Å². The molecule has 1 aromatic heterocycles. The van der Waals surface area contributed by atoms with E-state index in [1.165, 1.54) is 12.4 Å². The van der Waals surface area contributed by atoms with E-state index in [-0.39, 0.29) is 12.2 Å². The van der Waals surface area contributed by atoms with Crippen molar-refractivity contribution in [3.8, 4) is 0 Å². The first-order valence-electron chi connectivity index (χ1n) is 6.19. The van der Waals surface area contributed by atoms with Gasteiger partial charge in [-0.2, -0.15) is 8.78 Å². The lowest BCUT2D eigenvalue weighted by Crippen LogP contribution is -2.29. The number of hydrogen-bond donors (Lipinski definition) is 1. The standard InChI is InChI=1S/C13H15F2N3O2S/c1-21(19,20)17-11(10-5-3-2-4-6-10)9-12-16-7-8-18(12)13(14)15/h2-8,11,13,17H,9H2,1H3/t11-/m0/s1. The molecule has 0 bridgehead atoms. The van der Waals surface area contributed by atoms with Gasteiger partial charge in [0.05, 0.1) is 12.3 Å². The summed E-state index contributed by atoms with van der Waals surface area (Å²) in [6.45, 7) is -2.71. The highest BCUT2D eigenvalue weighted by Gasteiger charge is 2.20. The molecule has 1 N–H and O–H groups in total. The molecular formula is C13H15F2N3O2S. The Labute approximate surface area is 121 Å². The zero-order valence-electron chi connectivity index (χ0n) is 11.3. The molecule has 5 nitrogen and oxygen atoms in total. The number of alkyl halides is 2. The molecule has 1 atom stereocenters. The van der Waals surface area contributed by atoms with Gasteiger partial charge in [-0.25, -0.2) is 18.1 Å². The Morgan fingerprint density at radius 3 is 2.52 bits per heavy atom. The van der Waals surface area contributed by atoms with Crippen LogP contribution in [-0.2, 0) is 16.4 Å². The number of benzene rings is 1. The highest BCUT2D eigenvalue weighted by molar-refractivity contribution is 7.88. The van der Waals surface area contributed by atoms with Crippen molar-refractivity contribution in [2.24, 2.45) is 0 Å². The Balaban J connectivity index is 2.30. The first-order chi connectivity index (χ1) is 9.87. The molecule has 1 aromatic carbocycles. The van der Waals surface area contributed by atoms with Gasteiger partial charge in [0, 0.05) is 18.8 Å². The summed E-state index contributed by atoms with van der Waals surface area (Å²) in [7, 11) is -3.48. The topological polar surface area (TPSA) is 64.0 Å². The molecule has 0 saturated heterocycles. The molecule has 1 heterocycles. The highest BCUT2D eigenvalue weighted by atomic mass is 32.2. The quantitative estimate of drug-likeness (QED) is 0.888. The maximum absolute atomic E-state index is 12.8. The van der Waals surface area contributed by atoms with E-state index in [1.54, 1.807) is 30.3 Å². The van der Waals surface area contributed by atoms with Crippen LogP contribution in [0.25, 0.3) is 0 Å². The summed E-state index contributed by atoms with van der Waals surface area (Å²) in [6, 6.07) is 8.12. The summed E-state index contributed by atoms with van der Waals surface area (Å²) in [5, 5.41) is 0. The SMILES string of the molecule is CS(=O)(=O)N[C@@H](Cc1nccn1C(F)F)c1ccccc1. The van der Waals surface area contributed by atoms with Gasteiger partial charge >= 0.3 is 6.55 Å². The lowest BCUT2D eigenvalue weighted by atomic mass is 10.0. The maximum atomic E-state index is 12.8. The number of halogens is 2. The van der Waals surface area contributed by atoms with Gasteiger partial charge in [-0.15, -0.1) is 0 Å². The molecule has 0 aliphatic heterocycles. The molecule has 2 rings (SSSR count). The van der Waals surface area contributed by atoms with Crippen molar-refractivity contribution in [3.63, 3.8) is 0 Å². The second kappa shape index (κ2) is 6.31. The van der Waals surface area contributed by atoms with Gasteiger partial charge in [-0.1, -0.05) is 30.3 Å². The number of nitrogens with one attached hydrogen (secondary N) is 1. The fraction of sp³-hybridized carbons (Fsp3) is 0.308. The minimum absolute atomic E-state index is 0.0361. The van der Waals surface area contributed by atoms with Crippen LogP contribution in [0.5, 0.6) is 0 Å². The molecule has 0 unspecified atom stereocenters. The first kappa shape index (κ1) is 15.6. The molecule has 0 saturated carbocycles. The molecule has 8 heteroatoms. The Morgan fingerprint density at radius 1 is 1.29 bits per heavy atom. The monoisotopic (exact) mass is 315 g/mol. The van der Waals surface area contributed by atoms with Crippen molar-refractivity contribution >= 4 is 10.0 Å². The molecule has 0 aliphatic carbocycles. The van der Waals surface area contributed by atoms with E-state index >= 15 is 0 Å². The molecule has 0 fully saturated rings. The smallest absolute Gasteiger partial charge is 0.278 e. The number of nitrogens with zero attached hydrogens (tertiary/aromatic N) is 2. The van der Waals surface area contributed by atoms with Crippen molar-refractivity contribution in [1.82, 2.24) is 14.3 Å². The van der Waals surface area contributed by atoms with Crippen LogP contribution in [0.4, 0.5) is 8.78 Å². The highest BCUT2D eigenvalue weighted by Crippen LogP contribution is 2.21. The van der Waals surface area contributed by atoms with Crippen LogP contribution in [0.2, 0.25) is 0 Å². The Bertz CT molecular complexity index is 686. The third-order valence-electron chi connectivity index (χ3n) is 2.90. The minimum Gasteiger partial charge on any atom is -0.278 e. The van der Waals surface area contributed by atoms with E-state index in [2.05, 4.69) is 9.71 Å². The Morgan fingerprint density at radius 2 is 1.95 bits per heavy atom. The average molecular weight is 315 g/mol. The zero-order valence-corrected chi connectivity index (χ0v) is 12.1. The number of aromatic nitrogens is 2. The summed E-state index contributed by atoms with van der Waals surface area (Å²) in [6.07, 6.45) is 3.50. The van der Waals surface area contributed by atoms with Crippen molar-refractivity contribution in [2.75, 3.05) is 6.26 Å². The van der Waals surface area contributed by atoms with Crippen molar-refractivity contribution in [2.45, 2.75) is 19.0 Å². The van der Waals surface area contributed by atoms with Crippen molar-refractivity contribution in [3.05, 3.63) is 54.1 Å². The molecule has 0 amide bonds. The Hall–Kier alpha value is -1.80. The van der Waals surface area contributed by atoms with Gasteiger partial charge in [0.1, 0.15) is 5.82 Å². The van der Waals surface area contributed by atoms with Crippen LogP contribution in [-0.4, -0.2) is 24.2 Å². The molecule has 21 heavy (non-hydrogen) atoms. The van der Waals surface area contributed by atoms with E-state index in [0.717, 1.165) is 10.8 Å². The van der Waals surface area contributed by atoms with Gasteiger partial charge in [0.15, 0.2) is 0 Å². The van der Waals surface area contributed by atoms with Crippen LogP contribution in [0.3, 0.4) is 0 Å². The van der Waals surface area contributed by atoms with Crippen molar-refractivity contribution in [1.29, 1.82) is 0 Å². The van der Waals surface area contributed by atoms with Gasteiger partial charge in [-0.3, -0.25) is 4.57 Å². The van der Waals surface area contributed by atoms with Gasteiger partial charge in [0.25, 0.3) is 0 Å². The largest absolute Gasteiger partial charge is 0.319 e. The van der Waals surface area contributed by atoms with E-state index in [0.29, 0.717) is 5.56 Å². The number of imidazole rings is 1. The minimum atomic E-state index is -3.48. The number of hydrogen-bond acceptors (Lipinski definition) is 3. The maximum Gasteiger partial charge on any atom is 0.319 e. The summed E-state index contributed by atoms with van der Waals surface area (Å²) in [4.78, 5) is 3.88. The molecule has 0 radical (unpaired) electrons. The summed E-state index contributed by atoms with van der Waals surface area (Å²) < 4.78 is 51.8. The van der Waals surface area contributed by atoms with E-state index in [1.807, 2.05) is 0 Å². The van der Waals surface area contributed by atoms with Crippen LogP contribution in [0, 0.1) is 0 Å². The lowest BCUT2D eigenvalue weighted by molar-refractivity contribution is 0.0667. The summed E-state index contributed by atoms with van der Waals surface area (Å²) >= 11 is 0. The average Bonchev–Trinajstić information content (AvgIpc) is 2.86. The first-order valence-corrected chi connectivity index (χ1v) is 8.08. The second-order valence-corrected chi connectivity index (χ2v) is 6.37. The molecule has 0 aliphatic rings. The predicted molar refractivity (Wildman–Crippen MR) is 74.3 cm³/mol. The van der Waals surface area contributed by atoms with Crippen LogP contribution in [0.1, 0.15) is 24.0 Å².